The molecule has 0 unspecified atom stereocenters. The highest BCUT2D eigenvalue weighted by atomic mass is 32.2. The van der Waals surface area contributed by atoms with Crippen LogP contribution < -0.4 is 5.73 Å². The summed E-state index contributed by atoms with van der Waals surface area (Å²) < 4.78 is 0. The molecule has 0 aliphatic rings. The first kappa shape index (κ1) is 12.3. The van der Waals surface area contributed by atoms with E-state index in [4.69, 9.17) is 5.73 Å². The van der Waals surface area contributed by atoms with Gasteiger partial charge in [-0.25, -0.2) is 9.97 Å². The largest absolute Gasteiger partial charge is 0.383 e. The highest BCUT2D eigenvalue weighted by Crippen LogP contribution is 2.16. The molecule has 0 aliphatic heterocycles. The molecular weight excluding hydrogens is 206 g/mol. The Bertz CT molecular complexity index is 314. The minimum Gasteiger partial charge on any atom is -0.383 e. The predicted molar refractivity (Wildman–Crippen MR) is 66.9 cm³/mol. The second kappa shape index (κ2) is 5.35. The monoisotopic (exact) mass is 225 g/mol. The maximum absolute atomic E-state index is 5.79. The van der Waals surface area contributed by atoms with Gasteiger partial charge in [-0.2, -0.15) is 11.8 Å². The Morgan fingerprint density at radius 1 is 1.27 bits per heavy atom. The topological polar surface area (TPSA) is 51.8 Å². The molecule has 1 aromatic heterocycles. The van der Waals surface area contributed by atoms with Crippen molar-refractivity contribution in [3.8, 4) is 0 Å². The molecule has 0 bridgehead atoms. The number of hydrogen-bond acceptors (Lipinski definition) is 4. The maximum Gasteiger partial charge on any atom is 0.140 e. The highest BCUT2D eigenvalue weighted by Gasteiger charge is 2.05. The lowest BCUT2D eigenvalue weighted by Crippen LogP contribution is -2.04. The van der Waals surface area contributed by atoms with Crippen molar-refractivity contribution < 1.29 is 0 Å². The van der Waals surface area contributed by atoms with Gasteiger partial charge in [0.25, 0.3) is 0 Å². The molecule has 0 radical (unpaired) electrons. The summed E-state index contributed by atoms with van der Waals surface area (Å²) in [5.74, 6) is 4.16. The zero-order chi connectivity index (χ0) is 11.4. The van der Waals surface area contributed by atoms with Crippen LogP contribution in [0.2, 0.25) is 0 Å². The Balaban J connectivity index is 2.63. The van der Waals surface area contributed by atoms with Gasteiger partial charge in [0, 0.05) is 11.3 Å². The smallest absolute Gasteiger partial charge is 0.140 e. The number of hydrogen-bond donors (Lipinski definition) is 1. The van der Waals surface area contributed by atoms with Crippen LogP contribution in [0.15, 0.2) is 0 Å². The summed E-state index contributed by atoms with van der Waals surface area (Å²) in [5, 5.41) is 0. The van der Waals surface area contributed by atoms with Crippen molar-refractivity contribution in [3.63, 3.8) is 0 Å². The molecule has 0 spiro atoms. The lowest BCUT2D eigenvalue weighted by Gasteiger charge is -2.07. The average molecular weight is 225 g/mol. The number of rotatable bonds is 4. The lowest BCUT2D eigenvalue weighted by atomic mass is 10.2. The first-order valence-corrected chi connectivity index (χ1v) is 6.33. The molecule has 1 heterocycles. The third-order valence-electron chi connectivity index (χ3n) is 2.16. The lowest BCUT2D eigenvalue weighted by molar-refractivity contribution is 0.749. The van der Waals surface area contributed by atoms with Crippen LogP contribution in [0.25, 0.3) is 0 Å². The Morgan fingerprint density at radius 2 is 1.93 bits per heavy atom. The number of thioether (sulfide) groups is 1. The molecular formula is C11H19N3S. The maximum atomic E-state index is 5.79. The van der Waals surface area contributed by atoms with Crippen LogP contribution in [0, 0.1) is 19.8 Å². The normalized spacial score (nSPS) is 11.0. The first-order valence-electron chi connectivity index (χ1n) is 5.18. The van der Waals surface area contributed by atoms with Crippen molar-refractivity contribution in [2.24, 2.45) is 5.92 Å². The van der Waals surface area contributed by atoms with E-state index < -0.39 is 0 Å². The minimum atomic E-state index is 0.614. The Morgan fingerprint density at radius 3 is 2.47 bits per heavy atom. The van der Waals surface area contributed by atoms with Crippen LogP contribution in [-0.2, 0) is 5.75 Å². The number of aromatic nitrogens is 2. The van der Waals surface area contributed by atoms with Gasteiger partial charge in [0.15, 0.2) is 0 Å². The Labute approximate surface area is 95.9 Å². The summed E-state index contributed by atoms with van der Waals surface area (Å²) in [6.45, 7) is 8.35. The number of aryl methyl sites for hydroxylation is 1. The van der Waals surface area contributed by atoms with Gasteiger partial charge < -0.3 is 5.73 Å². The van der Waals surface area contributed by atoms with Gasteiger partial charge >= 0.3 is 0 Å². The molecule has 0 fully saturated rings. The molecule has 15 heavy (non-hydrogen) atoms. The van der Waals surface area contributed by atoms with Crippen molar-refractivity contribution in [2.75, 3.05) is 11.5 Å². The third-order valence-corrected chi connectivity index (χ3v) is 3.52. The molecule has 1 aromatic rings. The Kier molecular flexibility index (Phi) is 4.39. The van der Waals surface area contributed by atoms with E-state index >= 15 is 0 Å². The van der Waals surface area contributed by atoms with E-state index in [1.54, 1.807) is 0 Å². The minimum absolute atomic E-state index is 0.614. The van der Waals surface area contributed by atoms with Crippen LogP contribution in [0.3, 0.4) is 0 Å². The van der Waals surface area contributed by atoms with E-state index in [2.05, 4.69) is 23.8 Å². The molecule has 0 amide bonds. The molecule has 0 saturated carbocycles. The number of nitrogens with two attached hydrogens (primary N) is 1. The molecule has 0 aromatic carbocycles. The van der Waals surface area contributed by atoms with Crippen LogP contribution in [-0.4, -0.2) is 15.7 Å². The van der Waals surface area contributed by atoms with Crippen LogP contribution >= 0.6 is 11.8 Å². The summed E-state index contributed by atoms with van der Waals surface area (Å²) in [4.78, 5) is 8.69. The third kappa shape index (κ3) is 3.70. The van der Waals surface area contributed by atoms with Crippen LogP contribution in [0.4, 0.5) is 5.82 Å². The second-order valence-corrected chi connectivity index (χ2v) is 5.17. The SMILES string of the molecule is Cc1nc(CSCC(C)C)nc(N)c1C. The fourth-order valence-corrected chi connectivity index (χ4v) is 2.06. The van der Waals surface area contributed by atoms with Crippen molar-refractivity contribution in [1.82, 2.24) is 9.97 Å². The van der Waals surface area contributed by atoms with Crippen molar-refractivity contribution >= 4 is 17.6 Å². The van der Waals surface area contributed by atoms with Gasteiger partial charge in [-0.15, -0.1) is 0 Å². The van der Waals surface area contributed by atoms with Gasteiger partial charge in [0.2, 0.25) is 0 Å². The summed E-state index contributed by atoms with van der Waals surface area (Å²) in [6, 6.07) is 0. The second-order valence-electron chi connectivity index (χ2n) is 4.14. The quantitative estimate of drug-likeness (QED) is 0.855. The number of nitrogen functional groups attached to an aromatic ring is 1. The fourth-order valence-electron chi connectivity index (χ4n) is 1.16. The molecule has 0 saturated heterocycles. The molecule has 84 valence electrons. The van der Waals surface area contributed by atoms with Gasteiger partial charge in [-0.05, 0) is 25.5 Å². The average Bonchev–Trinajstić information content (AvgIpc) is 2.13. The molecule has 2 N–H and O–H groups in total. The predicted octanol–water partition coefficient (Wildman–Crippen LogP) is 2.56. The van der Waals surface area contributed by atoms with E-state index in [1.807, 2.05) is 25.6 Å². The summed E-state index contributed by atoms with van der Waals surface area (Å²) in [7, 11) is 0. The zero-order valence-corrected chi connectivity index (χ0v) is 10.7. The zero-order valence-electron chi connectivity index (χ0n) is 9.87. The number of nitrogens with zero attached hydrogens (tertiary/aromatic N) is 2. The van der Waals surface area contributed by atoms with Crippen LogP contribution in [0.5, 0.6) is 0 Å². The summed E-state index contributed by atoms with van der Waals surface area (Å²) >= 11 is 1.86. The van der Waals surface area contributed by atoms with Crippen molar-refractivity contribution in [1.29, 1.82) is 0 Å². The van der Waals surface area contributed by atoms with Crippen LogP contribution in [0.1, 0.15) is 30.9 Å². The first-order chi connectivity index (χ1) is 7.00. The van der Waals surface area contributed by atoms with Gasteiger partial charge in [0.1, 0.15) is 11.6 Å². The van der Waals surface area contributed by atoms with Crippen molar-refractivity contribution in [2.45, 2.75) is 33.4 Å². The van der Waals surface area contributed by atoms with E-state index in [-0.39, 0.29) is 0 Å². The standard InChI is InChI=1S/C11H19N3S/c1-7(2)5-15-6-10-13-9(4)8(3)11(12)14-10/h7H,5-6H2,1-4H3,(H2,12,13,14). The summed E-state index contributed by atoms with van der Waals surface area (Å²) in [6.07, 6.45) is 0. The molecule has 0 aliphatic carbocycles. The van der Waals surface area contributed by atoms with Gasteiger partial charge in [0.05, 0.1) is 5.75 Å². The van der Waals surface area contributed by atoms with E-state index in [0.29, 0.717) is 11.7 Å². The van der Waals surface area contributed by atoms with E-state index in [1.165, 1.54) is 0 Å². The van der Waals surface area contributed by atoms with Gasteiger partial charge in [-0.3, -0.25) is 0 Å². The van der Waals surface area contributed by atoms with Crippen molar-refractivity contribution in [3.05, 3.63) is 17.1 Å². The highest BCUT2D eigenvalue weighted by molar-refractivity contribution is 7.98. The molecule has 4 heteroatoms. The molecule has 3 nitrogen and oxygen atoms in total. The van der Waals surface area contributed by atoms with E-state index in [0.717, 1.165) is 28.6 Å². The number of anilines is 1. The molecule has 1 rings (SSSR count). The fraction of sp³-hybridized carbons (Fsp3) is 0.636. The molecule has 0 atom stereocenters. The Hall–Kier alpha value is -0.770. The van der Waals surface area contributed by atoms with Gasteiger partial charge in [-0.1, -0.05) is 13.8 Å². The summed E-state index contributed by atoms with van der Waals surface area (Å²) in [5.41, 5.74) is 7.77. The van der Waals surface area contributed by atoms with E-state index in [9.17, 15) is 0 Å².